The number of anilines is 1. The van der Waals surface area contributed by atoms with Crippen LogP contribution in [-0.2, 0) is 0 Å². The molecule has 0 aliphatic heterocycles. The van der Waals surface area contributed by atoms with Crippen molar-refractivity contribution in [2.45, 2.75) is 19.9 Å². The molecule has 0 saturated carbocycles. The molecule has 6 nitrogen and oxygen atoms in total. The van der Waals surface area contributed by atoms with E-state index in [1.165, 1.54) is 6.20 Å². The van der Waals surface area contributed by atoms with Crippen LogP contribution in [0.25, 0.3) is 10.9 Å². The van der Waals surface area contributed by atoms with Gasteiger partial charge >= 0.3 is 0 Å². The zero-order valence-corrected chi connectivity index (χ0v) is 13.8. The molecule has 24 heavy (non-hydrogen) atoms. The topological polar surface area (TPSA) is 94.5 Å². The molecule has 7 heteroatoms. The molecular formula is C17H14ClN5O. The first-order valence-corrected chi connectivity index (χ1v) is 7.69. The number of aromatic amines is 1. The van der Waals surface area contributed by atoms with Gasteiger partial charge in [0.2, 0.25) is 5.95 Å². The summed E-state index contributed by atoms with van der Waals surface area (Å²) in [5.41, 5.74) is 1.95. The fourth-order valence-corrected chi connectivity index (χ4v) is 2.68. The van der Waals surface area contributed by atoms with E-state index in [1.54, 1.807) is 19.1 Å². The summed E-state index contributed by atoms with van der Waals surface area (Å²) in [5.74, 6) is 0.365. The number of para-hydroxylation sites is 1. The van der Waals surface area contributed by atoms with Crippen molar-refractivity contribution in [3.8, 4) is 6.07 Å². The maximum Gasteiger partial charge on any atom is 0.253 e. The Kier molecular flexibility index (Phi) is 4.19. The number of nitriles is 1. The minimum absolute atomic E-state index is 0.221. The van der Waals surface area contributed by atoms with E-state index in [-0.39, 0.29) is 11.6 Å². The normalized spacial score (nSPS) is 11.9. The van der Waals surface area contributed by atoms with Gasteiger partial charge in [-0.15, -0.1) is 0 Å². The van der Waals surface area contributed by atoms with Crippen LogP contribution < -0.4 is 10.9 Å². The Bertz CT molecular complexity index is 1020. The van der Waals surface area contributed by atoms with Crippen molar-refractivity contribution in [3.05, 3.63) is 62.7 Å². The van der Waals surface area contributed by atoms with Crippen LogP contribution in [0.15, 0.2) is 35.3 Å². The monoisotopic (exact) mass is 339 g/mol. The van der Waals surface area contributed by atoms with Gasteiger partial charge in [-0.1, -0.05) is 23.7 Å². The second-order valence-corrected chi connectivity index (χ2v) is 5.84. The number of halogens is 1. The highest BCUT2D eigenvalue weighted by Crippen LogP contribution is 2.23. The lowest BCUT2D eigenvalue weighted by molar-refractivity contribution is 0.841. The summed E-state index contributed by atoms with van der Waals surface area (Å²) in [7, 11) is 0. The highest BCUT2D eigenvalue weighted by Gasteiger charge is 2.14. The number of nitrogens with one attached hydrogen (secondary N) is 2. The number of benzene rings is 1. The van der Waals surface area contributed by atoms with Crippen LogP contribution in [0, 0.1) is 18.3 Å². The number of hydrogen-bond donors (Lipinski definition) is 2. The number of nitrogens with zero attached hydrogens (tertiary/aromatic N) is 3. The Balaban J connectivity index is 1.95. The lowest BCUT2D eigenvalue weighted by Crippen LogP contribution is -2.20. The molecule has 0 aliphatic rings. The van der Waals surface area contributed by atoms with E-state index < -0.39 is 0 Å². The van der Waals surface area contributed by atoms with Crippen molar-refractivity contribution in [1.29, 1.82) is 5.26 Å². The second kappa shape index (κ2) is 6.30. The predicted molar refractivity (Wildman–Crippen MR) is 93.1 cm³/mol. The zero-order chi connectivity index (χ0) is 17.3. The molecule has 0 bridgehead atoms. The quantitative estimate of drug-likeness (QED) is 0.763. The van der Waals surface area contributed by atoms with Crippen molar-refractivity contribution in [2.24, 2.45) is 0 Å². The second-order valence-electron chi connectivity index (χ2n) is 5.43. The van der Waals surface area contributed by atoms with E-state index in [2.05, 4.69) is 20.3 Å². The lowest BCUT2D eigenvalue weighted by atomic mass is 10.1. The van der Waals surface area contributed by atoms with Crippen LogP contribution in [0.2, 0.25) is 5.02 Å². The average molecular weight is 340 g/mol. The van der Waals surface area contributed by atoms with Gasteiger partial charge in [-0.05, 0) is 26.0 Å². The van der Waals surface area contributed by atoms with Crippen molar-refractivity contribution in [1.82, 2.24) is 15.0 Å². The van der Waals surface area contributed by atoms with Gasteiger partial charge in [0.1, 0.15) is 6.07 Å². The van der Waals surface area contributed by atoms with Crippen molar-refractivity contribution in [2.75, 3.05) is 5.32 Å². The standard InChI is InChI=1S/C17H14ClN5O/c1-9-12(7-19)8-20-17(21-9)22-10(2)13-6-11-4-3-5-14(18)15(11)23-16(13)24/h3-6,8,10H,1-2H3,(H,23,24)(H,20,21,22)/t10-/m0/s1. The molecule has 1 aromatic carbocycles. The summed E-state index contributed by atoms with van der Waals surface area (Å²) in [6.07, 6.45) is 1.46. The van der Waals surface area contributed by atoms with Crippen LogP contribution in [0.4, 0.5) is 5.95 Å². The number of fused-ring (bicyclic) bond motifs is 1. The van der Waals surface area contributed by atoms with Gasteiger partial charge in [0.25, 0.3) is 5.56 Å². The minimum Gasteiger partial charge on any atom is -0.347 e. The zero-order valence-electron chi connectivity index (χ0n) is 13.1. The Labute approximate surface area is 143 Å². The molecule has 2 heterocycles. The molecule has 0 radical (unpaired) electrons. The van der Waals surface area contributed by atoms with Gasteiger partial charge in [-0.25, -0.2) is 9.97 Å². The Morgan fingerprint density at radius 2 is 2.21 bits per heavy atom. The Morgan fingerprint density at radius 1 is 1.42 bits per heavy atom. The summed E-state index contributed by atoms with van der Waals surface area (Å²) >= 11 is 6.10. The highest BCUT2D eigenvalue weighted by molar-refractivity contribution is 6.35. The van der Waals surface area contributed by atoms with Gasteiger partial charge in [-0.2, -0.15) is 5.26 Å². The van der Waals surface area contributed by atoms with Crippen molar-refractivity contribution >= 4 is 28.5 Å². The third-order valence-corrected chi connectivity index (χ3v) is 4.08. The molecule has 0 aliphatic carbocycles. The van der Waals surface area contributed by atoms with E-state index >= 15 is 0 Å². The third-order valence-electron chi connectivity index (χ3n) is 3.77. The van der Waals surface area contributed by atoms with E-state index in [1.807, 2.05) is 25.1 Å². The first-order chi connectivity index (χ1) is 11.5. The van der Waals surface area contributed by atoms with Gasteiger partial charge in [0.05, 0.1) is 34.0 Å². The first kappa shape index (κ1) is 16.0. The maximum atomic E-state index is 12.3. The van der Waals surface area contributed by atoms with Gasteiger partial charge in [0.15, 0.2) is 0 Å². The molecule has 2 N–H and O–H groups in total. The SMILES string of the molecule is Cc1nc(N[C@@H](C)c2cc3cccc(Cl)c3[nH]c2=O)ncc1C#N. The molecule has 3 rings (SSSR count). The molecule has 3 aromatic rings. The molecule has 0 amide bonds. The lowest BCUT2D eigenvalue weighted by Gasteiger charge is -2.14. The average Bonchev–Trinajstić information content (AvgIpc) is 2.55. The van der Waals surface area contributed by atoms with Crippen LogP contribution in [-0.4, -0.2) is 15.0 Å². The number of H-pyrrole nitrogens is 1. The molecule has 2 aromatic heterocycles. The first-order valence-electron chi connectivity index (χ1n) is 7.31. The summed E-state index contributed by atoms with van der Waals surface area (Å²) < 4.78 is 0. The Morgan fingerprint density at radius 3 is 2.92 bits per heavy atom. The predicted octanol–water partition coefficient (Wildman–Crippen LogP) is 3.32. The van der Waals surface area contributed by atoms with Crippen LogP contribution >= 0.6 is 11.6 Å². The number of pyridine rings is 1. The van der Waals surface area contributed by atoms with E-state index in [4.69, 9.17) is 16.9 Å². The molecule has 0 spiro atoms. The van der Waals surface area contributed by atoms with Crippen LogP contribution in [0.1, 0.15) is 29.8 Å². The van der Waals surface area contributed by atoms with Gasteiger partial charge in [-0.3, -0.25) is 4.79 Å². The summed E-state index contributed by atoms with van der Waals surface area (Å²) in [5, 5.41) is 13.4. The molecule has 0 fully saturated rings. The van der Waals surface area contributed by atoms with Crippen molar-refractivity contribution < 1.29 is 0 Å². The molecule has 1 atom stereocenters. The van der Waals surface area contributed by atoms with Crippen molar-refractivity contribution in [3.63, 3.8) is 0 Å². The maximum absolute atomic E-state index is 12.3. The number of rotatable bonds is 3. The largest absolute Gasteiger partial charge is 0.347 e. The van der Waals surface area contributed by atoms with Crippen LogP contribution in [0.3, 0.4) is 0 Å². The third kappa shape index (κ3) is 2.94. The molecule has 0 saturated heterocycles. The summed E-state index contributed by atoms with van der Waals surface area (Å²) in [6, 6.07) is 8.95. The molecule has 0 unspecified atom stereocenters. The summed E-state index contributed by atoms with van der Waals surface area (Å²) in [6.45, 7) is 3.58. The highest BCUT2D eigenvalue weighted by atomic mass is 35.5. The Hall–Kier alpha value is -2.91. The van der Waals surface area contributed by atoms with E-state index in [0.717, 1.165) is 5.39 Å². The number of aromatic nitrogens is 3. The summed E-state index contributed by atoms with van der Waals surface area (Å²) in [4.78, 5) is 23.5. The van der Waals surface area contributed by atoms with E-state index in [9.17, 15) is 4.79 Å². The fourth-order valence-electron chi connectivity index (χ4n) is 2.45. The number of aryl methyl sites for hydroxylation is 1. The van der Waals surface area contributed by atoms with Crippen LogP contribution in [0.5, 0.6) is 0 Å². The molecule has 120 valence electrons. The van der Waals surface area contributed by atoms with Gasteiger partial charge < -0.3 is 10.3 Å². The number of hydrogen-bond acceptors (Lipinski definition) is 5. The van der Waals surface area contributed by atoms with E-state index in [0.29, 0.717) is 33.3 Å². The molecular weight excluding hydrogens is 326 g/mol. The smallest absolute Gasteiger partial charge is 0.253 e. The van der Waals surface area contributed by atoms with Gasteiger partial charge in [0, 0.05) is 10.9 Å². The fraction of sp³-hybridized carbons (Fsp3) is 0.176. The minimum atomic E-state index is -0.315.